The standard InChI is InChI=1S/C20H23FIN5O5S2/c1-11(17(22)19(28)26-31-2)16-18(23-10-24-20(16)33)25-14-5-4-12(21)8-15(14)32-13-6-7-27(9-13)34(3,29)30/h4-5,8,10,13H,6-7,9H2,1-3H3,(H,26,28)(H2,23,24,25,33)/b17-11-. The fourth-order valence-electron chi connectivity index (χ4n) is 3.37. The molecule has 10 nitrogen and oxygen atoms in total. The molecular weight excluding hydrogens is 600 g/mol. The van der Waals surface area contributed by atoms with Gasteiger partial charge in [0, 0.05) is 12.6 Å². The molecule has 1 aromatic heterocycles. The first-order chi connectivity index (χ1) is 16.0. The van der Waals surface area contributed by atoms with Gasteiger partial charge in [-0.1, -0.05) is 12.2 Å². The largest absolute Gasteiger partial charge is 0.487 e. The van der Waals surface area contributed by atoms with Crippen LogP contribution in [0.1, 0.15) is 18.9 Å². The van der Waals surface area contributed by atoms with Crippen molar-refractivity contribution >= 4 is 67.8 Å². The summed E-state index contributed by atoms with van der Waals surface area (Å²) in [6.45, 7) is 2.21. The zero-order valence-corrected chi connectivity index (χ0v) is 22.3. The molecule has 0 radical (unpaired) electrons. The number of ether oxygens (including phenoxy) is 1. The van der Waals surface area contributed by atoms with Crippen LogP contribution in [0.25, 0.3) is 5.57 Å². The third kappa shape index (κ3) is 6.29. The van der Waals surface area contributed by atoms with E-state index < -0.39 is 27.9 Å². The maximum absolute atomic E-state index is 14.1. The van der Waals surface area contributed by atoms with Crippen LogP contribution < -0.4 is 15.5 Å². The Bertz CT molecular complexity index is 1280. The molecule has 0 spiro atoms. The van der Waals surface area contributed by atoms with Crippen molar-refractivity contribution in [1.82, 2.24) is 19.8 Å². The van der Waals surface area contributed by atoms with E-state index in [-0.39, 0.29) is 16.9 Å². The molecule has 2 heterocycles. The van der Waals surface area contributed by atoms with Crippen molar-refractivity contribution in [2.45, 2.75) is 19.4 Å². The number of benzene rings is 1. The maximum Gasteiger partial charge on any atom is 0.281 e. The molecule has 0 bridgehead atoms. The molecule has 3 N–H and O–H groups in total. The molecule has 1 unspecified atom stereocenters. The quantitative estimate of drug-likeness (QED) is 0.177. The summed E-state index contributed by atoms with van der Waals surface area (Å²) < 4.78 is 45.5. The zero-order valence-electron chi connectivity index (χ0n) is 18.5. The summed E-state index contributed by atoms with van der Waals surface area (Å²) in [6, 6.07) is 3.98. The van der Waals surface area contributed by atoms with Gasteiger partial charge in [0.15, 0.2) is 0 Å². The number of H-pyrrole nitrogens is 1. The van der Waals surface area contributed by atoms with Crippen LogP contribution in [0.5, 0.6) is 5.75 Å². The van der Waals surface area contributed by atoms with Gasteiger partial charge in [-0.05, 0) is 53.6 Å². The van der Waals surface area contributed by atoms with Crippen LogP contribution in [0.15, 0.2) is 28.1 Å². The topological polar surface area (TPSA) is 126 Å². The van der Waals surface area contributed by atoms with Crippen molar-refractivity contribution in [3.8, 4) is 5.75 Å². The molecule has 2 aromatic rings. The van der Waals surface area contributed by atoms with Crippen LogP contribution in [0.3, 0.4) is 0 Å². The Kier molecular flexibility index (Phi) is 8.62. The minimum atomic E-state index is -3.34. The van der Waals surface area contributed by atoms with E-state index in [0.717, 1.165) is 6.26 Å². The summed E-state index contributed by atoms with van der Waals surface area (Å²) in [4.78, 5) is 24.0. The average molecular weight is 623 g/mol. The third-order valence-corrected chi connectivity index (χ3v) is 7.90. The number of carbonyl (C=O) groups excluding carboxylic acids is 1. The number of nitrogens with one attached hydrogen (secondary N) is 3. The number of hydrogen-bond donors (Lipinski definition) is 3. The van der Waals surface area contributed by atoms with Crippen LogP contribution >= 0.6 is 34.8 Å². The number of hydrogen-bond acceptors (Lipinski definition) is 8. The van der Waals surface area contributed by atoms with Gasteiger partial charge in [-0.3, -0.25) is 9.63 Å². The SMILES string of the molecule is CONC(=O)/C(I)=C(\C)c1c(Nc2ccc(F)cc2OC2CCN(S(C)(=O)=O)C2)[nH]cnc1=S. The minimum Gasteiger partial charge on any atom is -0.487 e. The van der Waals surface area contributed by atoms with Crippen LogP contribution in [0.2, 0.25) is 0 Å². The van der Waals surface area contributed by atoms with Gasteiger partial charge < -0.3 is 15.0 Å². The number of sulfonamides is 1. The summed E-state index contributed by atoms with van der Waals surface area (Å²) in [5.41, 5.74) is 3.68. The lowest BCUT2D eigenvalue weighted by Gasteiger charge is -2.19. The van der Waals surface area contributed by atoms with E-state index >= 15 is 0 Å². The highest BCUT2D eigenvalue weighted by Crippen LogP contribution is 2.34. The average Bonchev–Trinajstić information content (AvgIpc) is 3.24. The number of allylic oxidation sites excluding steroid dienone is 1. The van der Waals surface area contributed by atoms with Gasteiger partial charge in [0.2, 0.25) is 10.0 Å². The zero-order chi connectivity index (χ0) is 25.0. The number of halogens is 2. The van der Waals surface area contributed by atoms with E-state index in [9.17, 15) is 17.6 Å². The van der Waals surface area contributed by atoms with Crippen molar-refractivity contribution in [3.05, 3.63) is 44.1 Å². The van der Waals surface area contributed by atoms with Crippen molar-refractivity contribution < 1.29 is 27.2 Å². The summed E-state index contributed by atoms with van der Waals surface area (Å²) >= 11 is 7.28. The highest BCUT2D eigenvalue weighted by atomic mass is 127. The first kappa shape index (κ1) is 26.5. The molecule has 184 valence electrons. The predicted molar refractivity (Wildman–Crippen MR) is 136 cm³/mol. The first-order valence-electron chi connectivity index (χ1n) is 9.97. The summed E-state index contributed by atoms with van der Waals surface area (Å²) in [5, 5.41) is 3.15. The van der Waals surface area contributed by atoms with E-state index in [2.05, 4.69) is 25.6 Å². The summed E-state index contributed by atoms with van der Waals surface area (Å²) in [6.07, 6.45) is 2.57. The highest BCUT2D eigenvalue weighted by Gasteiger charge is 2.30. The van der Waals surface area contributed by atoms with Gasteiger partial charge >= 0.3 is 0 Å². The molecule has 1 fully saturated rings. The Balaban J connectivity index is 1.94. The molecule has 3 rings (SSSR count). The minimum absolute atomic E-state index is 0.173. The second-order valence-corrected chi connectivity index (χ2v) is 10.9. The molecule has 0 aliphatic carbocycles. The summed E-state index contributed by atoms with van der Waals surface area (Å²) in [5.74, 6) is -0.344. The number of carbonyl (C=O) groups is 1. The van der Waals surface area contributed by atoms with Gasteiger partial charge in [-0.25, -0.2) is 23.3 Å². The lowest BCUT2D eigenvalue weighted by Crippen LogP contribution is -2.30. The Morgan fingerprint density at radius 3 is 2.79 bits per heavy atom. The Morgan fingerprint density at radius 2 is 2.15 bits per heavy atom. The van der Waals surface area contributed by atoms with E-state index in [4.69, 9.17) is 17.0 Å². The van der Waals surface area contributed by atoms with Crippen LogP contribution in [-0.4, -0.2) is 61.2 Å². The lowest BCUT2D eigenvalue weighted by atomic mass is 10.1. The molecular formula is C20H23FIN5O5S2. The molecule has 0 saturated carbocycles. The summed E-state index contributed by atoms with van der Waals surface area (Å²) in [7, 11) is -2.01. The number of anilines is 2. The Labute approximate surface area is 215 Å². The smallest absolute Gasteiger partial charge is 0.281 e. The van der Waals surface area contributed by atoms with Gasteiger partial charge in [-0.15, -0.1) is 0 Å². The fraction of sp³-hybridized carbons (Fsp3) is 0.350. The van der Waals surface area contributed by atoms with Crippen molar-refractivity contribution in [1.29, 1.82) is 0 Å². The second-order valence-electron chi connectivity index (χ2n) is 7.45. The van der Waals surface area contributed by atoms with Crippen LogP contribution in [0, 0.1) is 10.5 Å². The molecule has 1 atom stereocenters. The lowest BCUT2D eigenvalue weighted by molar-refractivity contribution is -0.126. The van der Waals surface area contributed by atoms with E-state index in [1.54, 1.807) is 6.92 Å². The molecule has 1 amide bonds. The Morgan fingerprint density at radius 1 is 1.41 bits per heavy atom. The van der Waals surface area contributed by atoms with Gasteiger partial charge in [-0.2, -0.15) is 4.31 Å². The Hall–Kier alpha value is -2.14. The monoisotopic (exact) mass is 623 g/mol. The van der Waals surface area contributed by atoms with Crippen molar-refractivity contribution in [3.63, 3.8) is 0 Å². The number of rotatable bonds is 8. The highest BCUT2D eigenvalue weighted by molar-refractivity contribution is 14.1. The number of aromatic nitrogens is 2. The van der Waals surface area contributed by atoms with Gasteiger partial charge in [0.25, 0.3) is 5.91 Å². The van der Waals surface area contributed by atoms with Gasteiger partial charge in [0.05, 0.1) is 41.1 Å². The number of hydroxylamine groups is 1. The third-order valence-electron chi connectivity index (χ3n) is 5.03. The molecule has 34 heavy (non-hydrogen) atoms. The van der Waals surface area contributed by atoms with Crippen LogP contribution in [-0.2, 0) is 19.7 Å². The van der Waals surface area contributed by atoms with E-state index in [1.165, 1.54) is 35.9 Å². The van der Waals surface area contributed by atoms with E-state index in [0.29, 0.717) is 39.2 Å². The predicted octanol–water partition coefficient (Wildman–Crippen LogP) is 3.28. The molecule has 1 aliphatic rings. The maximum atomic E-state index is 14.1. The number of aromatic amines is 1. The van der Waals surface area contributed by atoms with E-state index in [1.807, 2.05) is 22.6 Å². The van der Waals surface area contributed by atoms with Gasteiger partial charge in [0.1, 0.15) is 28.1 Å². The van der Waals surface area contributed by atoms with Crippen molar-refractivity contribution in [2.24, 2.45) is 0 Å². The first-order valence-corrected chi connectivity index (χ1v) is 13.3. The molecule has 1 saturated heterocycles. The molecule has 14 heteroatoms. The second kappa shape index (κ2) is 11.1. The normalized spacial score (nSPS) is 17.3. The van der Waals surface area contributed by atoms with Crippen LogP contribution in [0.4, 0.5) is 15.9 Å². The van der Waals surface area contributed by atoms with Crippen molar-refractivity contribution in [2.75, 3.05) is 31.8 Å². The number of amides is 1. The molecule has 1 aromatic carbocycles. The number of nitrogens with zero attached hydrogens (tertiary/aromatic N) is 2. The fourth-order valence-corrected chi connectivity index (χ4v) is 4.93. The molecule has 1 aliphatic heterocycles.